The minimum Gasteiger partial charge on any atom is -0.379 e. The van der Waals surface area contributed by atoms with Crippen molar-refractivity contribution in [2.75, 3.05) is 44.7 Å². The van der Waals surface area contributed by atoms with Crippen LogP contribution in [0.2, 0.25) is 0 Å². The molecule has 6 nitrogen and oxygen atoms in total. The van der Waals surface area contributed by atoms with E-state index in [-0.39, 0.29) is 0 Å². The van der Waals surface area contributed by atoms with Crippen LogP contribution in [-0.4, -0.2) is 59.2 Å². The topological polar surface area (TPSA) is 63.2 Å². The van der Waals surface area contributed by atoms with E-state index in [1.54, 1.807) is 17.7 Å². The number of nitrogens with zero attached hydrogens (tertiary/aromatic N) is 4. The molecule has 1 fully saturated rings. The second-order valence-electron chi connectivity index (χ2n) is 6.50. The Morgan fingerprint density at radius 3 is 2.92 bits per heavy atom. The third-order valence-corrected chi connectivity index (χ3v) is 5.68. The summed E-state index contributed by atoms with van der Waals surface area (Å²) in [6.45, 7) is 9.95. The molecule has 3 aromatic heterocycles. The van der Waals surface area contributed by atoms with Crippen molar-refractivity contribution in [1.82, 2.24) is 19.9 Å². The van der Waals surface area contributed by atoms with Crippen molar-refractivity contribution in [2.24, 2.45) is 0 Å². The van der Waals surface area contributed by atoms with Gasteiger partial charge in [0.2, 0.25) is 0 Å². The number of fused-ring (bicyclic) bond motifs is 3. The van der Waals surface area contributed by atoms with E-state index < -0.39 is 0 Å². The largest absolute Gasteiger partial charge is 0.379 e. The lowest BCUT2D eigenvalue weighted by Crippen LogP contribution is -2.37. The van der Waals surface area contributed by atoms with Gasteiger partial charge in [-0.05, 0) is 38.4 Å². The van der Waals surface area contributed by atoms with E-state index in [9.17, 15) is 0 Å². The summed E-state index contributed by atoms with van der Waals surface area (Å²) in [6, 6.07) is 2.12. The van der Waals surface area contributed by atoms with Crippen molar-refractivity contribution < 1.29 is 4.74 Å². The summed E-state index contributed by atoms with van der Waals surface area (Å²) >= 11 is 1.68. The Balaban J connectivity index is 1.50. The molecule has 4 rings (SSSR count). The molecule has 25 heavy (non-hydrogen) atoms. The molecule has 3 aromatic rings. The Bertz CT molecular complexity index is 888. The third kappa shape index (κ3) is 3.44. The Kier molecular flexibility index (Phi) is 4.78. The van der Waals surface area contributed by atoms with Crippen molar-refractivity contribution in [2.45, 2.75) is 20.3 Å². The highest BCUT2D eigenvalue weighted by molar-refractivity contribution is 7.26. The lowest BCUT2D eigenvalue weighted by atomic mass is 10.1. The van der Waals surface area contributed by atoms with Gasteiger partial charge in [-0.1, -0.05) is 0 Å². The van der Waals surface area contributed by atoms with Gasteiger partial charge in [0.25, 0.3) is 0 Å². The maximum absolute atomic E-state index is 5.39. The Hall–Kier alpha value is -1.83. The van der Waals surface area contributed by atoms with Gasteiger partial charge < -0.3 is 10.1 Å². The van der Waals surface area contributed by atoms with Gasteiger partial charge in [0.05, 0.1) is 23.4 Å². The number of aromatic nitrogens is 3. The molecule has 4 heterocycles. The number of nitrogens with one attached hydrogen (secondary N) is 1. The molecule has 132 valence electrons. The lowest BCUT2D eigenvalue weighted by Gasteiger charge is -2.26. The summed E-state index contributed by atoms with van der Waals surface area (Å²) in [5.41, 5.74) is 3.28. The van der Waals surface area contributed by atoms with Gasteiger partial charge in [0.15, 0.2) is 0 Å². The first-order chi connectivity index (χ1) is 12.2. The molecule has 0 atom stereocenters. The first kappa shape index (κ1) is 16.6. The van der Waals surface area contributed by atoms with Gasteiger partial charge in [-0.25, -0.2) is 15.0 Å². The zero-order chi connectivity index (χ0) is 17.2. The van der Waals surface area contributed by atoms with Gasteiger partial charge in [0, 0.05) is 30.7 Å². The second-order valence-corrected chi connectivity index (χ2v) is 7.50. The van der Waals surface area contributed by atoms with Crippen molar-refractivity contribution >= 4 is 37.6 Å². The molecule has 1 aliphatic rings. The third-order valence-electron chi connectivity index (χ3n) is 4.60. The molecular formula is C18H23N5OS. The van der Waals surface area contributed by atoms with E-state index in [0.29, 0.717) is 0 Å². The zero-order valence-electron chi connectivity index (χ0n) is 14.7. The maximum Gasteiger partial charge on any atom is 0.147 e. The summed E-state index contributed by atoms with van der Waals surface area (Å²) in [5, 5.41) is 4.65. The van der Waals surface area contributed by atoms with Crippen LogP contribution in [0.5, 0.6) is 0 Å². The molecule has 0 aromatic carbocycles. The molecule has 0 amide bonds. The molecule has 7 heteroatoms. The molecule has 0 bridgehead atoms. The molecule has 1 aliphatic heterocycles. The quantitative estimate of drug-likeness (QED) is 0.708. The van der Waals surface area contributed by atoms with Crippen LogP contribution in [0.3, 0.4) is 0 Å². The lowest BCUT2D eigenvalue weighted by molar-refractivity contribution is 0.0378. The van der Waals surface area contributed by atoms with Gasteiger partial charge in [-0.15, -0.1) is 11.3 Å². The average molecular weight is 357 g/mol. The normalized spacial score (nSPS) is 15.9. The molecule has 0 unspecified atom stereocenters. The molecule has 1 N–H and O–H groups in total. The minimum atomic E-state index is 0.855. The minimum absolute atomic E-state index is 0.855. The van der Waals surface area contributed by atoms with Crippen molar-refractivity contribution in [3.63, 3.8) is 0 Å². The highest BCUT2D eigenvalue weighted by atomic mass is 32.1. The summed E-state index contributed by atoms with van der Waals surface area (Å²) < 4.78 is 6.49. The first-order valence-corrected chi connectivity index (χ1v) is 9.59. The van der Waals surface area contributed by atoms with Crippen LogP contribution in [0.4, 0.5) is 5.82 Å². The van der Waals surface area contributed by atoms with E-state index in [1.807, 2.05) is 6.92 Å². The Morgan fingerprint density at radius 1 is 1.24 bits per heavy atom. The van der Waals surface area contributed by atoms with E-state index in [0.717, 1.165) is 77.8 Å². The average Bonchev–Trinajstić information content (AvgIpc) is 2.98. The van der Waals surface area contributed by atoms with Gasteiger partial charge >= 0.3 is 0 Å². The summed E-state index contributed by atoms with van der Waals surface area (Å²) in [7, 11) is 0. The van der Waals surface area contributed by atoms with Crippen LogP contribution in [0.25, 0.3) is 20.4 Å². The zero-order valence-corrected chi connectivity index (χ0v) is 15.5. The molecule has 1 saturated heterocycles. The van der Waals surface area contributed by atoms with Crippen LogP contribution >= 0.6 is 11.3 Å². The number of pyridine rings is 1. The van der Waals surface area contributed by atoms with Crippen molar-refractivity contribution in [3.05, 3.63) is 23.7 Å². The van der Waals surface area contributed by atoms with Gasteiger partial charge in [-0.3, -0.25) is 4.90 Å². The predicted octanol–water partition coefficient (Wildman–Crippen LogP) is 2.99. The highest BCUT2D eigenvalue weighted by Crippen LogP contribution is 2.36. The fourth-order valence-electron chi connectivity index (χ4n) is 3.37. The van der Waals surface area contributed by atoms with Crippen molar-refractivity contribution in [1.29, 1.82) is 0 Å². The molecule has 0 saturated carbocycles. The molecule has 0 spiro atoms. The van der Waals surface area contributed by atoms with Crippen LogP contribution in [0.1, 0.15) is 17.7 Å². The number of aryl methyl sites for hydroxylation is 2. The number of hydrogen-bond donors (Lipinski definition) is 1. The number of morpholine rings is 1. The van der Waals surface area contributed by atoms with E-state index in [2.05, 4.69) is 38.2 Å². The highest BCUT2D eigenvalue weighted by Gasteiger charge is 2.14. The molecular weight excluding hydrogens is 334 g/mol. The second kappa shape index (κ2) is 7.19. The molecule has 0 radical (unpaired) electrons. The molecule has 0 aliphatic carbocycles. The summed E-state index contributed by atoms with van der Waals surface area (Å²) in [5.74, 6) is 0.923. The fraction of sp³-hybridized carbons (Fsp3) is 0.500. The van der Waals surface area contributed by atoms with Crippen molar-refractivity contribution in [3.8, 4) is 0 Å². The summed E-state index contributed by atoms with van der Waals surface area (Å²) in [6.07, 6.45) is 2.74. The standard InChI is InChI=1S/C18H23N5OS/c1-12-10-13(2)22-18-14(12)15-16(25-18)17(21-11-20-15)19-4-3-5-23-6-8-24-9-7-23/h10-11H,3-9H2,1-2H3,(H,19,20,21). The van der Waals surface area contributed by atoms with Crippen LogP contribution in [-0.2, 0) is 4.74 Å². The van der Waals surface area contributed by atoms with Crippen LogP contribution in [0.15, 0.2) is 12.4 Å². The maximum atomic E-state index is 5.39. The number of anilines is 1. The number of ether oxygens (including phenoxy) is 1. The van der Waals surface area contributed by atoms with E-state index >= 15 is 0 Å². The Labute approximate surface area is 151 Å². The number of rotatable bonds is 5. The number of thiophene rings is 1. The smallest absolute Gasteiger partial charge is 0.147 e. The Morgan fingerprint density at radius 2 is 2.08 bits per heavy atom. The van der Waals surface area contributed by atoms with Gasteiger partial charge in [0.1, 0.15) is 17.0 Å². The van der Waals surface area contributed by atoms with Crippen LogP contribution in [0, 0.1) is 13.8 Å². The van der Waals surface area contributed by atoms with Crippen LogP contribution < -0.4 is 5.32 Å². The predicted molar refractivity (Wildman–Crippen MR) is 103 cm³/mol. The number of hydrogen-bond acceptors (Lipinski definition) is 7. The monoisotopic (exact) mass is 357 g/mol. The van der Waals surface area contributed by atoms with E-state index in [4.69, 9.17) is 4.74 Å². The van der Waals surface area contributed by atoms with Gasteiger partial charge in [-0.2, -0.15) is 0 Å². The first-order valence-electron chi connectivity index (χ1n) is 8.78. The van der Waals surface area contributed by atoms with E-state index in [1.165, 1.54) is 5.56 Å². The summed E-state index contributed by atoms with van der Waals surface area (Å²) in [4.78, 5) is 17.2. The fourth-order valence-corrected chi connectivity index (χ4v) is 4.59. The SMILES string of the molecule is Cc1cc(C)c2c(n1)sc1c(NCCCN3CCOCC3)ncnc12.